The SMILES string of the molecule is O=C(O[C@H](C(=O)c1ccccc1)c1ccc([N+](=O)[O-])cc1)c1cccc(N2C(=O)c3cccc([N+](=O)[O-])c3C2=O)c1. The highest BCUT2D eigenvalue weighted by molar-refractivity contribution is 6.35. The third kappa shape index (κ3) is 4.92. The molecule has 4 aromatic carbocycles. The molecule has 0 fully saturated rings. The number of rotatable bonds is 8. The van der Waals surface area contributed by atoms with Crippen molar-refractivity contribution in [3.63, 3.8) is 0 Å². The highest BCUT2D eigenvalue weighted by Crippen LogP contribution is 2.34. The number of ether oxygens (including phenoxy) is 1. The molecule has 1 atom stereocenters. The van der Waals surface area contributed by atoms with Gasteiger partial charge >= 0.3 is 5.97 Å². The van der Waals surface area contributed by atoms with E-state index in [0.717, 1.165) is 11.0 Å². The average molecular weight is 551 g/mol. The first-order valence-corrected chi connectivity index (χ1v) is 12.0. The van der Waals surface area contributed by atoms with E-state index in [0.29, 0.717) is 0 Å². The molecule has 0 unspecified atom stereocenters. The molecule has 0 spiro atoms. The number of hydrogen-bond acceptors (Lipinski definition) is 9. The van der Waals surface area contributed by atoms with Crippen LogP contribution in [0.2, 0.25) is 0 Å². The molecule has 5 rings (SSSR count). The Hall–Kier alpha value is -6.04. The summed E-state index contributed by atoms with van der Waals surface area (Å²) in [5, 5.41) is 22.5. The Balaban J connectivity index is 1.47. The summed E-state index contributed by atoms with van der Waals surface area (Å²) in [5.41, 5.74) is -1.01. The van der Waals surface area contributed by atoms with Crippen molar-refractivity contribution in [3.8, 4) is 0 Å². The van der Waals surface area contributed by atoms with Crippen molar-refractivity contribution in [2.24, 2.45) is 0 Å². The van der Waals surface area contributed by atoms with Crippen LogP contribution in [0.3, 0.4) is 0 Å². The van der Waals surface area contributed by atoms with E-state index in [1.807, 2.05) is 0 Å². The minimum absolute atomic E-state index is 0.0405. The van der Waals surface area contributed by atoms with E-state index in [1.165, 1.54) is 72.8 Å². The van der Waals surface area contributed by atoms with Gasteiger partial charge in [0.1, 0.15) is 5.56 Å². The largest absolute Gasteiger partial charge is 0.445 e. The average Bonchev–Trinajstić information content (AvgIpc) is 3.25. The second-order valence-electron chi connectivity index (χ2n) is 8.82. The predicted molar refractivity (Wildman–Crippen MR) is 143 cm³/mol. The molecule has 0 bridgehead atoms. The number of ketones is 1. The van der Waals surface area contributed by atoms with Crippen LogP contribution in [0.1, 0.15) is 53.1 Å². The van der Waals surface area contributed by atoms with E-state index in [2.05, 4.69) is 0 Å². The van der Waals surface area contributed by atoms with E-state index in [9.17, 15) is 39.4 Å². The number of imide groups is 1. The molecule has 12 nitrogen and oxygen atoms in total. The Morgan fingerprint density at radius 1 is 0.732 bits per heavy atom. The maximum Gasteiger partial charge on any atom is 0.339 e. The van der Waals surface area contributed by atoms with Crippen molar-refractivity contribution >= 4 is 40.6 Å². The summed E-state index contributed by atoms with van der Waals surface area (Å²) in [6.45, 7) is 0. The second-order valence-corrected chi connectivity index (χ2v) is 8.82. The third-order valence-corrected chi connectivity index (χ3v) is 6.36. The van der Waals surface area contributed by atoms with E-state index >= 15 is 0 Å². The van der Waals surface area contributed by atoms with Crippen LogP contribution >= 0.6 is 0 Å². The molecule has 0 radical (unpaired) electrons. The summed E-state index contributed by atoms with van der Waals surface area (Å²) in [6.07, 6.45) is -1.48. The van der Waals surface area contributed by atoms with Crippen LogP contribution in [0.5, 0.6) is 0 Å². The summed E-state index contributed by atoms with van der Waals surface area (Å²) in [4.78, 5) is 74.6. The van der Waals surface area contributed by atoms with Crippen LogP contribution in [0.4, 0.5) is 17.1 Å². The lowest BCUT2D eigenvalue weighted by molar-refractivity contribution is -0.385. The molecule has 1 aliphatic rings. The number of Topliss-reactive ketones (excluding diaryl/α,β-unsaturated/α-hetero) is 1. The van der Waals surface area contributed by atoms with Crippen LogP contribution in [-0.4, -0.2) is 33.4 Å². The monoisotopic (exact) mass is 551 g/mol. The maximum absolute atomic E-state index is 13.3. The predicted octanol–water partition coefficient (Wildman–Crippen LogP) is 5.08. The summed E-state index contributed by atoms with van der Waals surface area (Å²) in [5.74, 6) is -3.30. The number of esters is 1. The van der Waals surface area contributed by atoms with Crippen LogP contribution < -0.4 is 4.90 Å². The molecular formula is C29H17N3O9. The molecule has 202 valence electrons. The first kappa shape index (κ1) is 26.6. The summed E-state index contributed by atoms with van der Waals surface area (Å²) in [7, 11) is 0. The topological polar surface area (TPSA) is 167 Å². The normalized spacial score (nSPS) is 12.9. The number of non-ortho nitro benzene ring substituents is 1. The number of hydrogen-bond donors (Lipinski definition) is 0. The van der Waals surface area contributed by atoms with Gasteiger partial charge in [-0.2, -0.15) is 0 Å². The molecule has 0 aliphatic carbocycles. The molecule has 1 heterocycles. The number of benzene rings is 4. The fourth-order valence-electron chi connectivity index (χ4n) is 4.40. The smallest absolute Gasteiger partial charge is 0.339 e. The van der Waals surface area contributed by atoms with Gasteiger partial charge in [0, 0.05) is 29.3 Å². The molecule has 0 saturated carbocycles. The van der Waals surface area contributed by atoms with Crippen molar-refractivity contribution in [2.75, 3.05) is 4.90 Å². The van der Waals surface area contributed by atoms with Gasteiger partial charge in [0.15, 0.2) is 6.10 Å². The molecule has 0 saturated heterocycles. The first-order chi connectivity index (χ1) is 19.7. The molecule has 0 N–H and O–H groups in total. The molecule has 0 aromatic heterocycles. The Morgan fingerprint density at radius 3 is 2.05 bits per heavy atom. The Bertz CT molecular complexity index is 1750. The van der Waals surface area contributed by atoms with E-state index in [4.69, 9.17) is 4.74 Å². The molecule has 12 heteroatoms. The number of nitro benzene ring substituents is 2. The highest BCUT2D eigenvalue weighted by atomic mass is 16.6. The number of anilines is 1. The van der Waals surface area contributed by atoms with E-state index in [-0.39, 0.29) is 39.2 Å². The first-order valence-electron chi connectivity index (χ1n) is 12.0. The van der Waals surface area contributed by atoms with Gasteiger partial charge in [-0.05, 0) is 36.4 Å². The van der Waals surface area contributed by atoms with Gasteiger partial charge in [0.25, 0.3) is 23.2 Å². The van der Waals surface area contributed by atoms with E-state index < -0.39 is 45.2 Å². The van der Waals surface area contributed by atoms with Gasteiger partial charge in [-0.25, -0.2) is 9.69 Å². The van der Waals surface area contributed by atoms with Gasteiger partial charge in [0.2, 0.25) is 5.78 Å². The summed E-state index contributed by atoms with van der Waals surface area (Å²) >= 11 is 0. The Kier molecular flexibility index (Phi) is 6.88. The zero-order valence-electron chi connectivity index (χ0n) is 20.8. The Morgan fingerprint density at radius 2 is 1.39 bits per heavy atom. The lowest BCUT2D eigenvalue weighted by Crippen LogP contribution is -2.29. The standard InChI is InChI=1S/C29H17N3O9/c33-25(17-6-2-1-3-7-17)26(18-12-14-20(15-13-18)31(37)38)41-29(36)19-8-4-9-21(16-19)30-27(34)22-10-5-11-23(32(39)40)24(22)28(30)35/h1-16,26H/t26-/m0/s1. The summed E-state index contributed by atoms with van der Waals surface area (Å²) in [6, 6.07) is 21.9. The van der Waals surface area contributed by atoms with Gasteiger partial charge < -0.3 is 4.74 Å². The van der Waals surface area contributed by atoms with Gasteiger partial charge in [0.05, 0.1) is 26.7 Å². The van der Waals surface area contributed by atoms with Crippen LogP contribution in [-0.2, 0) is 4.74 Å². The van der Waals surface area contributed by atoms with Crippen molar-refractivity contribution in [3.05, 3.63) is 145 Å². The summed E-state index contributed by atoms with van der Waals surface area (Å²) < 4.78 is 5.59. The number of nitro groups is 2. The molecule has 41 heavy (non-hydrogen) atoms. The van der Waals surface area contributed by atoms with Crippen LogP contribution in [0.25, 0.3) is 0 Å². The molecular weight excluding hydrogens is 534 g/mol. The van der Waals surface area contributed by atoms with E-state index in [1.54, 1.807) is 18.2 Å². The van der Waals surface area contributed by atoms with Crippen molar-refractivity contribution < 1.29 is 33.8 Å². The molecule has 1 aliphatic heterocycles. The van der Waals surface area contributed by atoms with Crippen molar-refractivity contribution in [1.82, 2.24) is 0 Å². The Labute approximate surface area is 230 Å². The van der Waals surface area contributed by atoms with Gasteiger partial charge in [-0.15, -0.1) is 0 Å². The minimum Gasteiger partial charge on any atom is -0.445 e. The maximum atomic E-state index is 13.3. The quantitative estimate of drug-likeness (QED) is 0.0953. The lowest BCUT2D eigenvalue weighted by Gasteiger charge is -2.19. The molecule has 4 aromatic rings. The third-order valence-electron chi connectivity index (χ3n) is 6.36. The van der Waals surface area contributed by atoms with Crippen LogP contribution in [0, 0.1) is 20.2 Å². The lowest BCUT2D eigenvalue weighted by atomic mass is 9.99. The zero-order chi connectivity index (χ0) is 29.3. The fraction of sp³-hybridized carbons (Fsp3) is 0.0345. The van der Waals surface area contributed by atoms with Crippen LogP contribution in [0.15, 0.2) is 97.1 Å². The van der Waals surface area contributed by atoms with Crippen molar-refractivity contribution in [2.45, 2.75) is 6.10 Å². The fourth-order valence-corrected chi connectivity index (χ4v) is 4.40. The van der Waals surface area contributed by atoms with Gasteiger partial charge in [-0.1, -0.05) is 42.5 Å². The number of nitrogens with zero attached hydrogens (tertiary/aromatic N) is 3. The second kappa shape index (κ2) is 10.6. The minimum atomic E-state index is -1.48. The highest BCUT2D eigenvalue weighted by Gasteiger charge is 2.42. The number of fused-ring (bicyclic) bond motifs is 1. The van der Waals surface area contributed by atoms with Crippen molar-refractivity contribution in [1.29, 1.82) is 0 Å². The number of carbonyl (C=O) groups excluding carboxylic acids is 4. The van der Waals surface area contributed by atoms with Gasteiger partial charge in [-0.3, -0.25) is 34.6 Å². The zero-order valence-corrected chi connectivity index (χ0v) is 20.8. The molecule has 2 amide bonds. The number of amides is 2. The number of carbonyl (C=O) groups is 4.